The van der Waals surface area contributed by atoms with Crippen molar-refractivity contribution in [3.8, 4) is 5.75 Å². The van der Waals surface area contributed by atoms with Crippen molar-refractivity contribution in [1.29, 1.82) is 0 Å². The van der Waals surface area contributed by atoms with Crippen molar-refractivity contribution < 1.29 is 27.5 Å². The summed E-state index contributed by atoms with van der Waals surface area (Å²) < 4.78 is 38.1. The second kappa shape index (κ2) is 11.1. The van der Waals surface area contributed by atoms with Crippen LogP contribution in [0.25, 0.3) is 0 Å². The number of rotatable bonds is 9. The molecule has 0 aliphatic heterocycles. The molecule has 3 rings (SSSR count). The third-order valence-corrected chi connectivity index (χ3v) is 6.91. The molecule has 0 unspecified atom stereocenters. The zero-order valence-electron chi connectivity index (χ0n) is 20.1. The zero-order valence-corrected chi connectivity index (χ0v) is 20.9. The minimum Gasteiger partial charge on any atom is -0.488 e. The standard InChI is InChI=1S/C26H28N2O6S/c1-5-20-15-22(24(26(30)33-4)21(6-2)27-20)34-16-18-11-13-19(14-12-18)25(29)28-35(31,32)23-10-8-7-9-17(23)3/h7-15H,5-6,16H2,1-4H3,(H,28,29). The lowest BCUT2D eigenvalue weighted by Crippen LogP contribution is -2.31. The molecule has 0 saturated heterocycles. The van der Waals surface area contributed by atoms with Gasteiger partial charge in [-0.3, -0.25) is 9.78 Å². The SMILES string of the molecule is CCc1cc(OCc2ccc(C(=O)NS(=O)(=O)c3ccccc3C)cc2)c(C(=O)OC)c(CC)n1. The lowest BCUT2D eigenvalue weighted by molar-refractivity contribution is 0.0593. The van der Waals surface area contributed by atoms with E-state index in [1.807, 2.05) is 13.8 Å². The van der Waals surface area contributed by atoms with Crippen molar-refractivity contribution in [2.45, 2.75) is 45.1 Å². The summed E-state index contributed by atoms with van der Waals surface area (Å²) in [6.07, 6.45) is 1.23. The van der Waals surface area contributed by atoms with Crippen LogP contribution >= 0.6 is 0 Å². The van der Waals surface area contributed by atoms with Gasteiger partial charge in [0.2, 0.25) is 0 Å². The summed E-state index contributed by atoms with van der Waals surface area (Å²) in [4.78, 5) is 29.5. The maximum atomic E-state index is 12.6. The van der Waals surface area contributed by atoms with Crippen molar-refractivity contribution in [1.82, 2.24) is 9.71 Å². The van der Waals surface area contributed by atoms with Crippen LogP contribution in [-0.4, -0.2) is 32.4 Å². The van der Waals surface area contributed by atoms with Crippen LogP contribution in [0, 0.1) is 6.92 Å². The normalized spacial score (nSPS) is 11.1. The third kappa shape index (κ3) is 6.05. The van der Waals surface area contributed by atoms with E-state index >= 15 is 0 Å². The number of carbonyl (C=O) groups excluding carboxylic acids is 2. The molecule has 2 aromatic carbocycles. The van der Waals surface area contributed by atoms with Crippen LogP contribution in [0.2, 0.25) is 0 Å². The van der Waals surface area contributed by atoms with Crippen molar-refractivity contribution >= 4 is 21.9 Å². The van der Waals surface area contributed by atoms with E-state index in [1.54, 1.807) is 43.3 Å². The average molecular weight is 497 g/mol. The van der Waals surface area contributed by atoms with Crippen LogP contribution < -0.4 is 9.46 Å². The molecule has 3 aromatic rings. The number of carbonyl (C=O) groups is 2. The lowest BCUT2D eigenvalue weighted by Gasteiger charge is -2.15. The van der Waals surface area contributed by atoms with Gasteiger partial charge in [-0.2, -0.15) is 0 Å². The fraction of sp³-hybridized carbons (Fsp3) is 0.269. The number of sulfonamides is 1. The summed E-state index contributed by atoms with van der Waals surface area (Å²) in [5, 5.41) is 0. The predicted molar refractivity (Wildman–Crippen MR) is 131 cm³/mol. The monoisotopic (exact) mass is 496 g/mol. The Kier molecular flexibility index (Phi) is 8.24. The van der Waals surface area contributed by atoms with Gasteiger partial charge in [0.25, 0.3) is 15.9 Å². The van der Waals surface area contributed by atoms with Crippen molar-refractivity contribution in [3.63, 3.8) is 0 Å². The molecule has 1 heterocycles. The molecule has 0 bridgehead atoms. The first-order valence-corrected chi connectivity index (χ1v) is 12.6. The van der Waals surface area contributed by atoms with Gasteiger partial charge in [-0.25, -0.2) is 17.9 Å². The molecule has 0 saturated carbocycles. The largest absolute Gasteiger partial charge is 0.488 e. The van der Waals surface area contributed by atoms with Gasteiger partial charge < -0.3 is 9.47 Å². The van der Waals surface area contributed by atoms with Gasteiger partial charge in [0.05, 0.1) is 17.7 Å². The van der Waals surface area contributed by atoms with Crippen LogP contribution in [0.15, 0.2) is 59.5 Å². The number of ether oxygens (including phenoxy) is 2. The average Bonchev–Trinajstić information content (AvgIpc) is 2.86. The summed E-state index contributed by atoms with van der Waals surface area (Å²) in [6, 6.07) is 14.5. The van der Waals surface area contributed by atoms with Gasteiger partial charge in [0.1, 0.15) is 17.9 Å². The smallest absolute Gasteiger partial charge is 0.343 e. The van der Waals surface area contributed by atoms with Crippen LogP contribution in [0.4, 0.5) is 0 Å². The van der Waals surface area contributed by atoms with Crippen LogP contribution in [0.1, 0.15) is 57.1 Å². The van der Waals surface area contributed by atoms with E-state index < -0.39 is 21.9 Å². The number of aryl methyl sites for hydroxylation is 3. The molecule has 8 nitrogen and oxygen atoms in total. The fourth-order valence-corrected chi connectivity index (χ4v) is 4.73. The van der Waals surface area contributed by atoms with Gasteiger partial charge in [-0.05, 0) is 49.1 Å². The highest BCUT2D eigenvalue weighted by atomic mass is 32.2. The van der Waals surface area contributed by atoms with Gasteiger partial charge in [0.15, 0.2) is 0 Å². The number of hydrogen-bond donors (Lipinski definition) is 1. The maximum absolute atomic E-state index is 12.6. The molecular weight excluding hydrogens is 468 g/mol. The van der Waals surface area contributed by atoms with E-state index in [2.05, 4.69) is 9.71 Å². The molecule has 0 aliphatic rings. The number of nitrogens with one attached hydrogen (secondary N) is 1. The summed E-state index contributed by atoms with van der Waals surface area (Å²) in [5.41, 5.74) is 3.16. The fourth-order valence-electron chi connectivity index (χ4n) is 3.51. The molecule has 0 atom stereocenters. The number of hydrogen-bond acceptors (Lipinski definition) is 7. The highest BCUT2D eigenvalue weighted by Crippen LogP contribution is 2.26. The molecule has 1 amide bonds. The van der Waals surface area contributed by atoms with E-state index in [-0.39, 0.29) is 17.1 Å². The Bertz CT molecular complexity index is 1330. The Balaban J connectivity index is 1.75. The van der Waals surface area contributed by atoms with E-state index in [0.717, 1.165) is 11.3 Å². The van der Waals surface area contributed by atoms with Crippen molar-refractivity contribution in [2.24, 2.45) is 0 Å². The number of esters is 1. The first-order valence-electron chi connectivity index (χ1n) is 11.2. The summed E-state index contributed by atoms with van der Waals surface area (Å²) in [7, 11) is -2.69. The molecule has 0 aliphatic carbocycles. The third-order valence-electron chi connectivity index (χ3n) is 5.42. The molecule has 0 radical (unpaired) electrons. The van der Waals surface area contributed by atoms with Crippen LogP contribution in [0.3, 0.4) is 0 Å². The maximum Gasteiger partial charge on any atom is 0.343 e. The van der Waals surface area contributed by atoms with Gasteiger partial charge in [-0.1, -0.05) is 44.2 Å². The summed E-state index contributed by atoms with van der Waals surface area (Å²) >= 11 is 0. The Labute approximate surface area is 205 Å². The number of methoxy groups -OCH3 is 1. The molecule has 35 heavy (non-hydrogen) atoms. The second-order valence-electron chi connectivity index (χ2n) is 7.82. The number of amides is 1. The first kappa shape index (κ1) is 25.9. The predicted octanol–water partition coefficient (Wildman–Crippen LogP) is 4.00. The molecule has 0 fully saturated rings. The molecule has 9 heteroatoms. The van der Waals surface area contributed by atoms with Crippen LogP contribution in [0.5, 0.6) is 5.75 Å². The highest BCUT2D eigenvalue weighted by molar-refractivity contribution is 7.90. The molecule has 0 spiro atoms. The first-order chi connectivity index (χ1) is 16.7. The van der Waals surface area contributed by atoms with Crippen molar-refractivity contribution in [3.05, 3.63) is 88.2 Å². The Morgan fingerprint density at radius 2 is 1.69 bits per heavy atom. The van der Waals surface area contributed by atoms with E-state index in [1.165, 1.54) is 25.3 Å². The van der Waals surface area contributed by atoms with E-state index in [9.17, 15) is 18.0 Å². The molecule has 184 valence electrons. The van der Waals surface area contributed by atoms with Crippen LogP contribution in [-0.2, 0) is 34.2 Å². The van der Waals surface area contributed by atoms with Gasteiger partial charge >= 0.3 is 5.97 Å². The zero-order chi connectivity index (χ0) is 25.6. The van der Waals surface area contributed by atoms with Gasteiger partial charge in [0, 0.05) is 17.3 Å². The summed E-state index contributed by atoms with van der Waals surface area (Å²) in [6.45, 7) is 5.66. The van der Waals surface area contributed by atoms with E-state index in [0.29, 0.717) is 35.4 Å². The van der Waals surface area contributed by atoms with Crippen molar-refractivity contribution in [2.75, 3.05) is 7.11 Å². The quantitative estimate of drug-likeness (QED) is 0.446. The number of aromatic nitrogens is 1. The molecule has 1 N–H and O–H groups in total. The van der Waals surface area contributed by atoms with Gasteiger partial charge in [-0.15, -0.1) is 0 Å². The second-order valence-corrected chi connectivity index (χ2v) is 9.47. The lowest BCUT2D eigenvalue weighted by atomic mass is 10.1. The number of pyridine rings is 1. The number of nitrogens with zero attached hydrogens (tertiary/aromatic N) is 1. The Hall–Kier alpha value is -3.72. The number of benzene rings is 2. The molecule has 1 aromatic heterocycles. The highest BCUT2D eigenvalue weighted by Gasteiger charge is 2.22. The topological polar surface area (TPSA) is 112 Å². The molecular formula is C26H28N2O6S. The van der Waals surface area contributed by atoms with E-state index in [4.69, 9.17) is 9.47 Å². The Morgan fingerprint density at radius 3 is 2.29 bits per heavy atom. The minimum absolute atomic E-state index is 0.0510. The Morgan fingerprint density at radius 1 is 1.00 bits per heavy atom. The summed E-state index contributed by atoms with van der Waals surface area (Å²) in [5.74, 6) is -0.872. The minimum atomic E-state index is -4.00.